The van der Waals surface area contributed by atoms with E-state index in [9.17, 15) is 13.2 Å². The summed E-state index contributed by atoms with van der Waals surface area (Å²) in [6.45, 7) is 3.18. The summed E-state index contributed by atoms with van der Waals surface area (Å²) in [5.74, 6) is -0.0396. The van der Waals surface area contributed by atoms with E-state index in [0.717, 1.165) is 10.9 Å². The molecule has 0 bridgehead atoms. The molecule has 0 N–H and O–H groups in total. The summed E-state index contributed by atoms with van der Waals surface area (Å²) in [4.78, 5) is 21.9. The number of carbonyl (C=O) groups excluding carboxylic acids is 1. The van der Waals surface area contributed by atoms with Crippen molar-refractivity contribution >= 4 is 49.8 Å². The summed E-state index contributed by atoms with van der Waals surface area (Å²) >= 11 is 12.3. The molecule has 2 heterocycles. The molecule has 1 aliphatic heterocycles. The fourth-order valence-corrected chi connectivity index (χ4v) is 6.79. The number of piperazine rings is 1. The summed E-state index contributed by atoms with van der Waals surface area (Å²) in [7, 11) is -2.21. The van der Waals surface area contributed by atoms with E-state index in [1.54, 1.807) is 53.6 Å². The molecule has 7 nitrogen and oxygen atoms in total. The van der Waals surface area contributed by atoms with Crippen LogP contribution < -0.4 is 4.74 Å². The lowest BCUT2D eigenvalue weighted by atomic mass is 10.1. The molecule has 0 radical (unpaired) electrons. The van der Waals surface area contributed by atoms with Crippen LogP contribution in [0.5, 0.6) is 5.75 Å². The van der Waals surface area contributed by atoms with Gasteiger partial charge >= 0.3 is 0 Å². The maximum absolute atomic E-state index is 13.4. The Balaban J connectivity index is 1.28. The van der Waals surface area contributed by atoms with Crippen molar-refractivity contribution in [3.8, 4) is 5.75 Å². The van der Waals surface area contributed by atoms with Gasteiger partial charge < -0.3 is 9.64 Å². The van der Waals surface area contributed by atoms with E-state index in [4.69, 9.17) is 27.9 Å². The van der Waals surface area contributed by atoms with Crippen LogP contribution in [-0.2, 0) is 22.1 Å². The van der Waals surface area contributed by atoms with Crippen molar-refractivity contribution in [2.75, 3.05) is 33.3 Å². The van der Waals surface area contributed by atoms with Gasteiger partial charge in [-0.25, -0.2) is 8.42 Å². The Morgan fingerprint density at radius 3 is 2.49 bits per heavy atom. The van der Waals surface area contributed by atoms with E-state index in [1.165, 1.54) is 7.11 Å². The number of fused-ring (bicyclic) bond motifs is 1. The van der Waals surface area contributed by atoms with E-state index in [1.807, 2.05) is 24.3 Å². The molecular weight excluding hydrogens is 557 g/mol. The van der Waals surface area contributed by atoms with Crippen molar-refractivity contribution in [1.29, 1.82) is 0 Å². The summed E-state index contributed by atoms with van der Waals surface area (Å²) in [5, 5.41) is 1.99. The molecule has 0 aliphatic carbocycles. The first-order valence-corrected chi connectivity index (χ1v) is 14.8. The normalized spacial score (nSPS) is 14.5. The first kappa shape index (κ1) is 27.4. The zero-order chi connectivity index (χ0) is 27.6. The van der Waals surface area contributed by atoms with Gasteiger partial charge in [0.05, 0.1) is 28.8 Å². The molecule has 1 fully saturated rings. The lowest BCUT2D eigenvalue weighted by Crippen LogP contribution is -2.48. The van der Waals surface area contributed by atoms with Gasteiger partial charge in [-0.05, 0) is 47.5 Å². The van der Waals surface area contributed by atoms with Gasteiger partial charge in [0.2, 0.25) is 0 Å². The van der Waals surface area contributed by atoms with Gasteiger partial charge in [0.15, 0.2) is 9.84 Å². The number of para-hydroxylation sites is 1. The van der Waals surface area contributed by atoms with Crippen molar-refractivity contribution in [1.82, 2.24) is 14.8 Å². The number of ether oxygens (including phenoxy) is 1. The number of sulfone groups is 1. The van der Waals surface area contributed by atoms with Crippen LogP contribution in [0.15, 0.2) is 77.8 Å². The number of pyridine rings is 1. The van der Waals surface area contributed by atoms with E-state index in [2.05, 4.69) is 9.88 Å². The van der Waals surface area contributed by atoms with E-state index >= 15 is 0 Å². The number of carbonyl (C=O) groups is 1. The van der Waals surface area contributed by atoms with Crippen LogP contribution in [0.25, 0.3) is 10.9 Å². The molecule has 1 aromatic heterocycles. The topological polar surface area (TPSA) is 79.8 Å². The highest BCUT2D eigenvalue weighted by atomic mass is 35.5. The van der Waals surface area contributed by atoms with E-state index < -0.39 is 9.84 Å². The Morgan fingerprint density at radius 1 is 0.974 bits per heavy atom. The third-order valence-corrected chi connectivity index (χ3v) is 9.15. The predicted molar refractivity (Wildman–Crippen MR) is 153 cm³/mol. The van der Waals surface area contributed by atoms with E-state index in [0.29, 0.717) is 65.2 Å². The molecule has 0 atom stereocenters. The summed E-state index contributed by atoms with van der Waals surface area (Å²) in [6.07, 6.45) is 1.58. The first-order chi connectivity index (χ1) is 18.7. The van der Waals surface area contributed by atoms with Gasteiger partial charge in [-0.2, -0.15) is 0 Å². The standard InChI is InChI=1S/C29H27Cl2N3O4S/c1-38-26-16-20(19-39(36,37)27-6-2-4-21-5-3-11-32-28(21)27)7-10-24(26)29(35)34-14-12-33(13-15-34)18-22-8-9-23(30)17-25(22)31/h2-11,16-17H,12-15,18-19H2,1H3. The maximum atomic E-state index is 13.4. The molecule has 1 amide bonds. The molecular formula is C29H27Cl2N3O4S. The van der Waals surface area contributed by atoms with Gasteiger partial charge in [0.25, 0.3) is 5.91 Å². The minimum absolute atomic E-state index is 0.149. The van der Waals surface area contributed by atoms with Crippen LogP contribution >= 0.6 is 23.2 Å². The second kappa shape index (κ2) is 11.5. The molecule has 3 aromatic carbocycles. The second-order valence-electron chi connectivity index (χ2n) is 9.43. The Kier molecular flexibility index (Phi) is 8.09. The maximum Gasteiger partial charge on any atom is 0.257 e. The predicted octanol–water partition coefficient (Wildman–Crippen LogP) is 5.48. The van der Waals surface area contributed by atoms with Crippen molar-refractivity contribution in [2.24, 2.45) is 0 Å². The molecule has 202 valence electrons. The fraction of sp³-hybridized carbons (Fsp3) is 0.241. The zero-order valence-electron chi connectivity index (χ0n) is 21.3. The number of rotatable bonds is 7. The largest absolute Gasteiger partial charge is 0.496 e. The SMILES string of the molecule is COc1cc(CS(=O)(=O)c2cccc3cccnc23)ccc1C(=O)N1CCN(Cc2ccc(Cl)cc2Cl)CC1. The molecule has 4 aromatic rings. The smallest absolute Gasteiger partial charge is 0.257 e. The molecule has 0 spiro atoms. The Bertz CT molecular complexity index is 1630. The average Bonchev–Trinajstić information content (AvgIpc) is 2.94. The lowest BCUT2D eigenvalue weighted by Gasteiger charge is -2.35. The highest BCUT2D eigenvalue weighted by Crippen LogP contribution is 2.28. The third kappa shape index (κ3) is 6.04. The second-order valence-corrected chi connectivity index (χ2v) is 12.2. The number of hydrogen-bond acceptors (Lipinski definition) is 6. The van der Waals surface area contributed by atoms with Gasteiger partial charge in [-0.3, -0.25) is 14.7 Å². The monoisotopic (exact) mass is 583 g/mol. The van der Waals surface area contributed by atoms with Gasteiger partial charge in [-0.15, -0.1) is 0 Å². The minimum Gasteiger partial charge on any atom is -0.496 e. The number of benzene rings is 3. The highest BCUT2D eigenvalue weighted by Gasteiger charge is 2.26. The molecule has 1 saturated heterocycles. The number of hydrogen-bond donors (Lipinski definition) is 0. The fourth-order valence-electron chi connectivity index (χ4n) is 4.80. The van der Waals surface area contributed by atoms with Gasteiger partial charge in [0, 0.05) is 54.4 Å². The molecule has 0 unspecified atom stereocenters. The van der Waals surface area contributed by atoms with Crippen LogP contribution in [-0.4, -0.2) is 62.4 Å². The Morgan fingerprint density at radius 2 is 1.74 bits per heavy atom. The molecule has 0 saturated carbocycles. The molecule has 5 rings (SSSR count). The Hall–Kier alpha value is -3.17. The zero-order valence-corrected chi connectivity index (χ0v) is 23.6. The van der Waals surface area contributed by atoms with Crippen molar-refractivity contribution in [3.05, 3.63) is 99.7 Å². The third-order valence-electron chi connectivity index (χ3n) is 6.85. The van der Waals surface area contributed by atoms with Crippen molar-refractivity contribution in [2.45, 2.75) is 17.2 Å². The average molecular weight is 585 g/mol. The molecule has 1 aliphatic rings. The van der Waals surface area contributed by atoms with Crippen LogP contribution in [0.3, 0.4) is 0 Å². The highest BCUT2D eigenvalue weighted by molar-refractivity contribution is 7.90. The van der Waals surface area contributed by atoms with Crippen LogP contribution in [0.2, 0.25) is 10.0 Å². The minimum atomic E-state index is -3.69. The van der Waals surface area contributed by atoms with Crippen LogP contribution in [0.1, 0.15) is 21.5 Å². The van der Waals surface area contributed by atoms with Crippen molar-refractivity contribution in [3.63, 3.8) is 0 Å². The Labute approximate surface area is 237 Å². The summed E-state index contributed by atoms with van der Waals surface area (Å²) in [6, 6.07) is 19.1. The first-order valence-electron chi connectivity index (χ1n) is 12.4. The summed E-state index contributed by atoms with van der Waals surface area (Å²) < 4.78 is 32.1. The number of nitrogens with zero attached hydrogens (tertiary/aromatic N) is 3. The number of amides is 1. The van der Waals surface area contributed by atoms with Crippen LogP contribution in [0.4, 0.5) is 0 Å². The van der Waals surface area contributed by atoms with Crippen molar-refractivity contribution < 1.29 is 17.9 Å². The summed E-state index contributed by atoms with van der Waals surface area (Å²) in [5.41, 5.74) is 2.37. The number of aromatic nitrogens is 1. The van der Waals surface area contributed by atoms with Crippen LogP contribution in [0, 0.1) is 0 Å². The van der Waals surface area contributed by atoms with E-state index in [-0.39, 0.29) is 16.6 Å². The lowest BCUT2D eigenvalue weighted by molar-refractivity contribution is 0.0625. The quantitative estimate of drug-likeness (QED) is 0.286. The molecule has 39 heavy (non-hydrogen) atoms. The number of methoxy groups -OCH3 is 1. The molecule has 10 heteroatoms. The number of halogens is 2. The van der Waals surface area contributed by atoms with Gasteiger partial charge in [0.1, 0.15) is 5.75 Å². The van der Waals surface area contributed by atoms with Gasteiger partial charge in [-0.1, -0.05) is 53.5 Å².